The van der Waals surface area contributed by atoms with Crippen molar-refractivity contribution in [2.75, 3.05) is 4.90 Å². The molecule has 0 amide bonds. The summed E-state index contributed by atoms with van der Waals surface area (Å²) in [5.74, 6) is 0.494. The fourth-order valence-electron chi connectivity index (χ4n) is 2.80. The quantitative estimate of drug-likeness (QED) is 0.336. The summed E-state index contributed by atoms with van der Waals surface area (Å²) in [6, 6.07) is 28.1. The molecule has 0 bridgehead atoms. The first kappa shape index (κ1) is 17.7. The predicted octanol–water partition coefficient (Wildman–Crippen LogP) is 6.43. The van der Waals surface area contributed by atoms with Crippen molar-refractivity contribution < 1.29 is 4.42 Å². The summed E-state index contributed by atoms with van der Waals surface area (Å²) in [7, 11) is 0. The molecule has 27 heavy (non-hydrogen) atoms. The topological polar surface area (TPSA) is 34.2 Å². The summed E-state index contributed by atoms with van der Waals surface area (Å²) >= 11 is 8.96. The lowest BCUT2D eigenvalue weighted by Gasteiger charge is -2.24. The normalized spacial score (nSPS) is 10.7. The zero-order chi connectivity index (χ0) is 18.6. The lowest BCUT2D eigenvalue weighted by atomic mass is 10.2. The van der Waals surface area contributed by atoms with E-state index in [4.69, 9.17) is 16.6 Å². The molecule has 0 atom stereocenters. The third kappa shape index (κ3) is 3.86. The van der Waals surface area contributed by atoms with Gasteiger partial charge in [-0.25, -0.2) is 0 Å². The lowest BCUT2D eigenvalue weighted by Crippen LogP contribution is -2.22. The lowest BCUT2D eigenvalue weighted by molar-refractivity contribution is 0.513. The van der Waals surface area contributed by atoms with Gasteiger partial charge in [0, 0.05) is 15.8 Å². The third-order valence-corrected chi connectivity index (χ3v) is 5.11. The Hall–Kier alpha value is -2.70. The Labute approximate surface area is 170 Å². The van der Waals surface area contributed by atoms with Crippen LogP contribution in [-0.2, 0) is 6.67 Å². The van der Waals surface area contributed by atoms with E-state index in [1.54, 1.807) is 4.68 Å². The first-order valence-electron chi connectivity index (χ1n) is 8.43. The van der Waals surface area contributed by atoms with E-state index in [1.165, 1.54) is 0 Å². The van der Waals surface area contributed by atoms with Crippen molar-refractivity contribution in [3.05, 3.63) is 94.2 Å². The largest absolute Gasteiger partial charge is 0.409 e. The van der Waals surface area contributed by atoms with Crippen molar-refractivity contribution in [2.45, 2.75) is 6.67 Å². The van der Waals surface area contributed by atoms with Crippen LogP contribution in [0.4, 0.5) is 11.4 Å². The van der Waals surface area contributed by atoms with Crippen LogP contribution in [0, 0.1) is 4.84 Å². The number of anilines is 2. The second kappa shape index (κ2) is 7.90. The number of nitrogens with zero attached hydrogens (tertiary/aromatic N) is 3. The highest BCUT2D eigenvalue weighted by atomic mass is 79.9. The van der Waals surface area contributed by atoms with Crippen LogP contribution < -0.4 is 4.90 Å². The molecule has 0 fully saturated rings. The highest BCUT2D eigenvalue weighted by Gasteiger charge is 2.15. The van der Waals surface area contributed by atoms with Gasteiger partial charge in [0.1, 0.15) is 6.67 Å². The number of benzene rings is 3. The Morgan fingerprint density at radius 1 is 0.852 bits per heavy atom. The van der Waals surface area contributed by atoms with Crippen LogP contribution >= 0.6 is 28.1 Å². The maximum Gasteiger partial charge on any atom is 0.289 e. The first-order chi connectivity index (χ1) is 13.2. The minimum absolute atomic E-state index is 0.331. The molecule has 1 heterocycles. The van der Waals surface area contributed by atoms with Crippen LogP contribution in [-0.4, -0.2) is 9.78 Å². The number of aromatic nitrogens is 2. The molecule has 0 saturated heterocycles. The molecule has 0 N–H and O–H groups in total. The van der Waals surface area contributed by atoms with E-state index in [2.05, 4.69) is 50.2 Å². The van der Waals surface area contributed by atoms with E-state index in [0.717, 1.165) is 21.4 Å². The molecule has 0 aliphatic rings. The molecule has 1 aromatic heterocycles. The van der Waals surface area contributed by atoms with E-state index in [-0.39, 0.29) is 0 Å². The second-order valence-corrected chi connectivity index (χ2v) is 7.10. The Morgan fingerprint density at radius 3 is 2.00 bits per heavy atom. The highest BCUT2D eigenvalue weighted by Crippen LogP contribution is 2.29. The van der Waals surface area contributed by atoms with E-state index in [9.17, 15) is 0 Å². The van der Waals surface area contributed by atoms with E-state index in [0.29, 0.717) is 17.4 Å². The monoisotopic (exact) mass is 437 g/mol. The van der Waals surface area contributed by atoms with Gasteiger partial charge in [0.2, 0.25) is 5.89 Å². The average molecular weight is 438 g/mol. The molecule has 4 aromatic rings. The highest BCUT2D eigenvalue weighted by molar-refractivity contribution is 9.10. The standard InChI is InChI=1S/C21H16BrN3OS/c22-19-14-8-7-13-18(19)20-23-25(21(27)26-20)15-24(16-9-3-1-4-10-16)17-11-5-2-6-12-17/h1-14H,15H2. The maximum absolute atomic E-state index is 5.76. The van der Waals surface area contributed by atoms with Crippen LogP contribution in [0.15, 0.2) is 93.8 Å². The summed E-state index contributed by atoms with van der Waals surface area (Å²) < 4.78 is 8.38. The Bertz CT molecular complexity index is 1050. The zero-order valence-corrected chi connectivity index (χ0v) is 16.7. The maximum atomic E-state index is 5.76. The molecule has 4 nitrogen and oxygen atoms in total. The third-order valence-electron chi connectivity index (χ3n) is 4.12. The van der Waals surface area contributed by atoms with E-state index in [1.807, 2.05) is 60.7 Å². The van der Waals surface area contributed by atoms with Crippen molar-refractivity contribution in [2.24, 2.45) is 0 Å². The van der Waals surface area contributed by atoms with Crippen molar-refractivity contribution in [3.8, 4) is 11.5 Å². The van der Waals surface area contributed by atoms with Gasteiger partial charge >= 0.3 is 0 Å². The first-order valence-corrected chi connectivity index (χ1v) is 9.63. The number of para-hydroxylation sites is 2. The van der Waals surface area contributed by atoms with Crippen molar-refractivity contribution in [1.29, 1.82) is 0 Å². The van der Waals surface area contributed by atoms with Gasteiger partial charge in [-0.3, -0.25) is 0 Å². The number of hydrogen-bond donors (Lipinski definition) is 0. The molecule has 0 aliphatic heterocycles. The van der Waals surface area contributed by atoms with Crippen molar-refractivity contribution >= 4 is 39.5 Å². The van der Waals surface area contributed by atoms with Gasteiger partial charge in [-0.2, -0.15) is 4.68 Å². The SMILES string of the molecule is S=c1oc(-c2ccccc2Br)nn1CN(c1ccccc1)c1ccccc1. The summed E-state index contributed by atoms with van der Waals surface area (Å²) in [6.45, 7) is 0.445. The Balaban J connectivity index is 1.72. The van der Waals surface area contributed by atoms with E-state index >= 15 is 0 Å². The van der Waals surface area contributed by atoms with Crippen LogP contribution in [0.2, 0.25) is 0 Å². The molecule has 134 valence electrons. The molecule has 6 heteroatoms. The molecule has 0 saturated carbocycles. The number of halogens is 1. The van der Waals surface area contributed by atoms with Gasteiger partial charge < -0.3 is 9.32 Å². The van der Waals surface area contributed by atoms with Crippen LogP contribution in [0.25, 0.3) is 11.5 Å². The number of hydrogen-bond acceptors (Lipinski definition) is 4. The smallest absolute Gasteiger partial charge is 0.289 e. The second-order valence-electron chi connectivity index (χ2n) is 5.89. The molecule has 3 aromatic carbocycles. The van der Waals surface area contributed by atoms with Crippen LogP contribution in [0.5, 0.6) is 0 Å². The average Bonchev–Trinajstić information content (AvgIpc) is 3.08. The van der Waals surface area contributed by atoms with Crippen LogP contribution in [0.1, 0.15) is 0 Å². The molecule has 0 radical (unpaired) electrons. The summed E-state index contributed by atoms with van der Waals surface area (Å²) in [5.41, 5.74) is 2.97. The fourth-order valence-corrected chi connectivity index (χ4v) is 3.43. The zero-order valence-electron chi connectivity index (χ0n) is 14.3. The minimum Gasteiger partial charge on any atom is -0.409 e. The predicted molar refractivity (Wildman–Crippen MR) is 113 cm³/mol. The van der Waals surface area contributed by atoms with Crippen molar-refractivity contribution in [3.63, 3.8) is 0 Å². The van der Waals surface area contributed by atoms with Gasteiger partial charge in [-0.1, -0.05) is 48.5 Å². The number of rotatable bonds is 5. The summed E-state index contributed by atoms with van der Waals surface area (Å²) in [5, 5.41) is 4.61. The molecule has 0 unspecified atom stereocenters. The molecule has 0 aliphatic carbocycles. The molecular formula is C21H16BrN3OS. The van der Waals surface area contributed by atoms with Crippen molar-refractivity contribution in [1.82, 2.24) is 9.78 Å². The molecule has 4 rings (SSSR count). The Kier molecular flexibility index (Phi) is 5.18. The Morgan fingerprint density at radius 2 is 1.41 bits per heavy atom. The van der Waals surface area contributed by atoms with Gasteiger partial charge in [-0.15, -0.1) is 5.10 Å². The molecule has 0 spiro atoms. The molecular weight excluding hydrogens is 422 g/mol. The fraction of sp³-hybridized carbons (Fsp3) is 0.0476. The minimum atomic E-state index is 0.331. The van der Waals surface area contributed by atoms with E-state index < -0.39 is 0 Å². The summed E-state index contributed by atoms with van der Waals surface area (Å²) in [6.07, 6.45) is 0. The van der Waals surface area contributed by atoms with Gasteiger partial charge in [0.25, 0.3) is 4.84 Å². The van der Waals surface area contributed by atoms with Gasteiger partial charge in [0.15, 0.2) is 0 Å². The summed E-state index contributed by atoms with van der Waals surface area (Å²) in [4.78, 5) is 2.47. The van der Waals surface area contributed by atoms with Gasteiger partial charge in [0.05, 0.1) is 5.56 Å². The van der Waals surface area contributed by atoms with Gasteiger partial charge in [-0.05, 0) is 64.5 Å². The van der Waals surface area contributed by atoms with Crippen LogP contribution in [0.3, 0.4) is 0 Å².